The first-order valence-corrected chi connectivity index (χ1v) is 3.60. The molecule has 12 heavy (non-hydrogen) atoms. The highest BCUT2D eigenvalue weighted by atomic mass is 16.2. The molecule has 0 aliphatic rings. The van der Waals surface area contributed by atoms with Gasteiger partial charge in [-0.05, 0) is 6.07 Å². The lowest BCUT2D eigenvalue weighted by Gasteiger charge is -1.95. The Bertz CT molecular complexity index is 277. The number of carbonyl (C=O) groups is 2. The van der Waals surface area contributed by atoms with E-state index in [-0.39, 0.29) is 18.1 Å². The predicted octanol–water partition coefficient (Wildman–Crippen LogP) is 0.334. The van der Waals surface area contributed by atoms with Crippen LogP contribution in [0.5, 0.6) is 0 Å². The van der Waals surface area contributed by atoms with Gasteiger partial charge in [0, 0.05) is 25.0 Å². The Morgan fingerprint density at radius 1 is 1.58 bits per heavy atom. The van der Waals surface area contributed by atoms with E-state index in [1.165, 1.54) is 7.05 Å². The van der Waals surface area contributed by atoms with Crippen molar-refractivity contribution in [3.8, 4) is 0 Å². The lowest BCUT2D eigenvalue weighted by Crippen LogP contribution is -2.21. The first-order valence-electron chi connectivity index (χ1n) is 3.60. The molecule has 4 nitrogen and oxygen atoms in total. The zero-order valence-electron chi connectivity index (χ0n) is 6.76. The Morgan fingerprint density at radius 3 is 2.83 bits per heavy atom. The van der Waals surface area contributed by atoms with Crippen LogP contribution in [0.2, 0.25) is 0 Å². The summed E-state index contributed by atoms with van der Waals surface area (Å²) in [5.41, 5.74) is 0.540. The number of aromatic amines is 1. The molecule has 0 saturated carbocycles. The zero-order chi connectivity index (χ0) is 8.97. The van der Waals surface area contributed by atoms with Crippen molar-refractivity contribution in [2.75, 3.05) is 7.05 Å². The standard InChI is InChI=1S/C8H10N2O2/c1-9-8(12)4-7(11)6-2-3-10-5-6/h2-3,5,10H,4H2,1H3,(H,9,12). The molecule has 1 aromatic heterocycles. The maximum atomic E-state index is 11.2. The van der Waals surface area contributed by atoms with Crippen molar-refractivity contribution in [1.29, 1.82) is 0 Å². The smallest absolute Gasteiger partial charge is 0.227 e. The molecule has 1 aromatic rings. The van der Waals surface area contributed by atoms with Gasteiger partial charge in [0.15, 0.2) is 5.78 Å². The van der Waals surface area contributed by atoms with Gasteiger partial charge in [-0.15, -0.1) is 0 Å². The maximum absolute atomic E-state index is 11.2. The highest BCUT2D eigenvalue weighted by molar-refractivity contribution is 6.07. The number of hydrogen-bond acceptors (Lipinski definition) is 2. The summed E-state index contributed by atoms with van der Waals surface area (Å²) in [7, 11) is 1.51. The maximum Gasteiger partial charge on any atom is 0.227 e. The van der Waals surface area contributed by atoms with Crippen molar-refractivity contribution in [3.63, 3.8) is 0 Å². The van der Waals surface area contributed by atoms with Crippen molar-refractivity contribution < 1.29 is 9.59 Å². The molecule has 2 N–H and O–H groups in total. The Morgan fingerprint density at radius 2 is 2.33 bits per heavy atom. The van der Waals surface area contributed by atoms with Crippen LogP contribution in [0.4, 0.5) is 0 Å². The fourth-order valence-electron chi connectivity index (χ4n) is 0.834. The number of aromatic nitrogens is 1. The number of hydrogen-bond donors (Lipinski definition) is 2. The molecule has 0 aliphatic heterocycles. The third kappa shape index (κ3) is 1.95. The topological polar surface area (TPSA) is 62.0 Å². The van der Waals surface area contributed by atoms with Gasteiger partial charge in [0.05, 0.1) is 6.42 Å². The highest BCUT2D eigenvalue weighted by Crippen LogP contribution is 2.00. The number of ketones is 1. The average Bonchev–Trinajstić information content (AvgIpc) is 2.56. The van der Waals surface area contributed by atoms with Crippen LogP contribution in [0.15, 0.2) is 18.5 Å². The van der Waals surface area contributed by atoms with Gasteiger partial charge >= 0.3 is 0 Å². The summed E-state index contributed by atoms with van der Waals surface area (Å²) in [6, 6.07) is 1.64. The molecular formula is C8H10N2O2. The first-order chi connectivity index (χ1) is 5.74. The van der Waals surface area contributed by atoms with E-state index >= 15 is 0 Å². The molecule has 1 amide bonds. The molecule has 1 rings (SSSR count). The largest absolute Gasteiger partial charge is 0.367 e. The van der Waals surface area contributed by atoms with Crippen molar-refractivity contribution in [2.45, 2.75) is 6.42 Å². The minimum Gasteiger partial charge on any atom is -0.367 e. The number of H-pyrrole nitrogens is 1. The summed E-state index contributed by atoms with van der Waals surface area (Å²) >= 11 is 0. The SMILES string of the molecule is CNC(=O)CC(=O)c1cc[nH]c1. The fraction of sp³-hybridized carbons (Fsp3) is 0.250. The molecule has 0 saturated heterocycles. The zero-order valence-corrected chi connectivity index (χ0v) is 6.76. The van der Waals surface area contributed by atoms with Gasteiger partial charge in [-0.1, -0.05) is 0 Å². The summed E-state index contributed by atoms with van der Waals surface area (Å²) in [6.45, 7) is 0. The Kier molecular flexibility index (Phi) is 2.63. The molecule has 1 heterocycles. The molecule has 0 unspecified atom stereocenters. The normalized spacial score (nSPS) is 9.42. The quantitative estimate of drug-likeness (QED) is 0.502. The molecule has 0 spiro atoms. The summed E-state index contributed by atoms with van der Waals surface area (Å²) in [5.74, 6) is -0.434. The molecule has 0 aromatic carbocycles. The molecule has 4 heteroatoms. The van der Waals surface area contributed by atoms with E-state index in [0.717, 1.165) is 0 Å². The van der Waals surface area contributed by atoms with Gasteiger partial charge in [0.25, 0.3) is 0 Å². The van der Waals surface area contributed by atoms with Crippen LogP contribution in [0.3, 0.4) is 0 Å². The number of nitrogens with one attached hydrogen (secondary N) is 2. The van der Waals surface area contributed by atoms with E-state index < -0.39 is 0 Å². The van der Waals surface area contributed by atoms with Crippen LogP contribution in [0.25, 0.3) is 0 Å². The Balaban J connectivity index is 2.56. The van der Waals surface area contributed by atoms with E-state index in [4.69, 9.17) is 0 Å². The van der Waals surface area contributed by atoms with E-state index in [1.807, 2.05) is 0 Å². The number of carbonyl (C=O) groups excluding carboxylic acids is 2. The monoisotopic (exact) mass is 166 g/mol. The summed E-state index contributed by atoms with van der Waals surface area (Å²) < 4.78 is 0. The third-order valence-electron chi connectivity index (χ3n) is 1.52. The lowest BCUT2D eigenvalue weighted by molar-refractivity contribution is -0.119. The summed E-state index contributed by atoms with van der Waals surface area (Å²) in [5, 5.41) is 2.39. The number of amides is 1. The van der Waals surface area contributed by atoms with E-state index in [2.05, 4.69) is 10.3 Å². The third-order valence-corrected chi connectivity index (χ3v) is 1.52. The van der Waals surface area contributed by atoms with Crippen LogP contribution in [0.1, 0.15) is 16.8 Å². The van der Waals surface area contributed by atoms with Gasteiger partial charge in [-0.3, -0.25) is 9.59 Å². The van der Waals surface area contributed by atoms with Crippen molar-refractivity contribution in [1.82, 2.24) is 10.3 Å². The van der Waals surface area contributed by atoms with Crippen LogP contribution in [-0.2, 0) is 4.79 Å². The van der Waals surface area contributed by atoms with Gasteiger partial charge < -0.3 is 10.3 Å². The number of Topliss-reactive ketones (excluding diaryl/α,β-unsaturated/α-hetero) is 1. The second kappa shape index (κ2) is 3.71. The molecule has 0 radical (unpaired) electrons. The second-order valence-corrected chi connectivity index (χ2v) is 2.37. The fourth-order valence-corrected chi connectivity index (χ4v) is 0.834. The van der Waals surface area contributed by atoms with Gasteiger partial charge in [0.1, 0.15) is 0 Å². The molecule has 0 aliphatic carbocycles. The Labute approximate surface area is 70.0 Å². The predicted molar refractivity (Wildman–Crippen MR) is 43.8 cm³/mol. The van der Waals surface area contributed by atoms with Crippen molar-refractivity contribution in [3.05, 3.63) is 24.0 Å². The summed E-state index contributed by atoms with van der Waals surface area (Å²) in [4.78, 5) is 24.7. The van der Waals surface area contributed by atoms with E-state index in [9.17, 15) is 9.59 Å². The van der Waals surface area contributed by atoms with Crippen molar-refractivity contribution in [2.24, 2.45) is 0 Å². The molecule has 64 valence electrons. The lowest BCUT2D eigenvalue weighted by atomic mass is 10.1. The van der Waals surface area contributed by atoms with Crippen LogP contribution >= 0.6 is 0 Å². The van der Waals surface area contributed by atoms with Crippen LogP contribution in [0, 0.1) is 0 Å². The minimum atomic E-state index is -0.263. The van der Waals surface area contributed by atoms with Crippen LogP contribution < -0.4 is 5.32 Å². The van der Waals surface area contributed by atoms with E-state index in [0.29, 0.717) is 5.56 Å². The minimum absolute atomic E-state index is 0.0889. The summed E-state index contributed by atoms with van der Waals surface area (Å²) in [6.07, 6.45) is 3.14. The van der Waals surface area contributed by atoms with Crippen LogP contribution in [-0.4, -0.2) is 23.7 Å². The molecule has 0 atom stereocenters. The Hall–Kier alpha value is -1.58. The average molecular weight is 166 g/mol. The second-order valence-electron chi connectivity index (χ2n) is 2.37. The van der Waals surface area contributed by atoms with Crippen molar-refractivity contribution >= 4 is 11.7 Å². The van der Waals surface area contributed by atoms with Gasteiger partial charge in [-0.25, -0.2) is 0 Å². The van der Waals surface area contributed by atoms with E-state index in [1.54, 1.807) is 18.5 Å². The van der Waals surface area contributed by atoms with Gasteiger partial charge in [-0.2, -0.15) is 0 Å². The molecular weight excluding hydrogens is 156 g/mol. The first kappa shape index (κ1) is 8.52. The highest BCUT2D eigenvalue weighted by Gasteiger charge is 2.09. The number of rotatable bonds is 3. The van der Waals surface area contributed by atoms with Gasteiger partial charge in [0.2, 0.25) is 5.91 Å². The molecule has 0 bridgehead atoms. The molecule has 0 fully saturated rings.